The van der Waals surface area contributed by atoms with Gasteiger partial charge in [-0.3, -0.25) is 4.79 Å². The third-order valence-corrected chi connectivity index (χ3v) is 3.55. The fourth-order valence-corrected chi connectivity index (χ4v) is 2.58. The van der Waals surface area contributed by atoms with Crippen molar-refractivity contribution < 1.29 is 14.3 Å². The van der Waals surface area contributed by atoms with Crippen molar-refractivity contribution in [3.8, 4) is 0 Å². The van der Waals surface area contributed by atoms with Gasteiger partial charge in [-0.15, -0.1) is 0 Å². The van der Waals surface area contributed by atoms with Crippen molar-refractivity contribution >= 4 is 12.0 Å². The summed E-state index contributed by atoms with van der Waals surface area (Å²) in [7, 11) is 0. The molecule has 0 aliphatic heterocycles. The molecule has 5 nitrogen and oxygen atoms in total. The van der Waals surface area contributed by atoms with Crippen LogP contribution in [-0.2, 0) is 16.1 Å². The fraction of sp³-hybridized carbons (Fsp3) is 0.600. The molecule has 5 heteroatoms. The fourth-order valence-electron chi connectivity index (χ4n) is 2.58. The van der Waals surface area contributed by atoms with Crippen LogP contribution in [0.2, 0.25) is 0 Å². The zero-order valence-corrected chi connectivity index (χ0v) is 16.1. The van der Waals surface area contributed by atoms with Gasteiger partial charge < -0.3 is 15.4 Å². The number of nitrogens with one attached hydrogen (secondary N) is 2. The van der Waals surface area contributed by atoms with E-state index < -0.39 is 11.7 Å². The summed E-state index contributed by atoms with van der Waals surface area (Å²) in [6.07, 6.45) is 0.820. The third kappa shape index (κ3) is 10.4. The zero-order chi connectivity index (χ0) is 18.9. The maximum atomic E-state index is 12.2. The minimum Gasteiger partial charge on any atom is -0.444 e. The van der Waals surface area contributed by atoms with Crippen LogP contribution in [0, 0.1) is 11.8 Å². The molecule has 0 unspecified atom stereocenters. The van der Waals surface area contributed by atoms with E-state index >= 15 is 0 Å². The molecule has 0 radical (unpaired) electrons. The summed E-state index contributed by atoms with van der Waals surface area (Å²) in [6, 6.07) is 9.82. The van der Waals surface area contributed by atoms with Crippen molar-refractivity contribution in [1.29, 1.82) is 0 Å². The Morgan fingerprint density at radius 2 is 1.72 bits per heavy atom. The number of alkyl carbamates (subject to hydrolysis) is 1. The number of rotatable bonds is 8. The number of amides is 2. The van der Waals surface area contributed by atoms with Crippen LogP contribution in [-0.4, -0.2) is 24.1 Å². The van der Waals surface area contributed by atoms with Gasteiger partial charge in [0.15, 0.2) is 0 Å². The molecule has 0 saturated heterocycles. The van der Waals surface area contributed by atoms with Gasteiger partial charge in [-0.25, -0.2) is 4.79 Å². The summed E-state index contributed by atoms with van der Waals surface area (Å²) in [5.74, 6) is 0.538. The summed E-state index contributed by atoms with van der Waals surface area (Å²) >= 11 is 0. The second-order valence-corrected chi connectivity index (χ2v) is 7.84. The molecule has 1 atom stereocenters. The van der Waals surface area contributed by atoms with Gasteiger partial charge in [-0.2, -0.15) is 0 Å². The lowest BCUT2D eigenvalue weighted by atomic mass is 9.93. The Morgan fingerprint density at radius 3 is 2.28 bits per heavy atom. The van der Waals surface area contributed by atoms with Gasteiger partial charge in [0.25, 0.3) is 0 Å². The smallest absolute Gasteiger partial charge is 0.407 e. The lowest BCUT2D eigenvalue weighted by Crippen LogP contribution is -2.37. The molecule has 1 aromatic carbocycles. The van der Waals surface area contributed by atoms with E-state index in [-0.39, 0.29) is 11.8 Å². The van der Waals surface area contributed by atoms with Crippen molar-refractivity contribution in [2.24, 2.45) is 11.8 Å². The SMILES string of the molecule is CC(C)C[C@H](CNC(=O)OC(C)(C)C)CC(=O)NCc1ccccc1. The molecule has 2 N–H and O–H groups in total. The summed E-state index contributed by atoms with van der Waals surface area (Å²) in [6.45, 7) is 10.7. The first-order valence-corrected chi connectivity index (χ1v) is 8.93. The molecule has 0 bridgehead atoms. The van der Waals surface area contributed by atoms with E-state index in [0.717, 1.165) is 12.0 Å². The van der Waals surface area contributed by atoms with Gasteiger partial charge in [-0.1, -0.05) is 44.2 Å². The Bertz CT molecular complexity index is 536. The lowest BCUT2D eigenvalue weighted by molar-refractivity contribution is -0.122. The molecule has 25 heavy (non-hydrogen) atoms. The normalized spacial score (nSPS) is 12.6. The Hall–Kier alpha value is -2.04. The average molecular weight is 348 g/mol. The lowest BCUT2D eigenvalue weighted by Gasteiger charge is -2.22. The Labute approximate surface area is 151 Å². The van der Waals surface area contributed by atoms with Crippen LogP contribution < -0.4 is 10.6 Å². The van der Waals surface area contributed by atoms with Gasteiger partial charge in [0.05, 0.1) is 0 Å². The molecule has 0 aliphatic carbocycles. The van der Waals surface area contributed by atoms with E-state index in [0.29, 0.717) is 25.4 Å². The van der Waals surface area contributed by atoms with Crippen LogP contribution in [0.5, 0.6) is 0 Å². The molecule has 0 aliphatic rings. The monoisotopic (exact) mass is 348 g/mol. The van der Waals surface area contributed by atoms with Crippen LogP contribution >= 0.6 is 0 Å². The number of hydrogen-bond donors (Lipinski definition) is 2. The van der Waals surface area contributed by atoms with Crippen LogP contribution in [0.1, 0.15) is 53.0 Å². The molecule has 140 valence electrons. The quantitative estimate of drug-likeness (QED) is 0.749. The molecule has 0 saturated carbocycles. The highest BCUT2D eigenvalue weighted by Crippen LogP contribution is 2.15. The summed E-state index contributed by atoms with van der Waals surface area (Å²) in [5.41, 5.74) is 0.549. The van der Waals surface area contributed by atoms with Crippen LogP contribution in [0.3, 0.4) is 0 Å². The second-order valence-electron chi connectivity index (χ2n) is 7.84. The van der Waals surface area contributed by atoms with Crippen LogP contribution in [0.4, 0.5) is 4.79 Å². The largest absolute Gasteiger partial charge is 0.444 e. The van der Waals surface area contributed by atoms with E-state index in [1.807, 2.05) is 51.1 Å². The van der Waals surface area contributed by atoms with Crippen molar-refractivity contribution in [3.05, 3.63) is 35.9 Å². The molecule has 1 aromatic rings. The van der Waals surface area contributed by atoms with Crippen LogP contribution in [0.25, 0.3) is 0 Å². The van der Waals surface area contributed by atoms with E-state index in [4.69, 9.17) is 4.74 Å². The summed E-state index contributed by atoms with van der Waals surface area (Å²) < 4.78 is 5.25. The third-order valence-electron chi connectivity index (χ3n) is 3.55. The molecule has 1 rings (SSSR count). The maximum Gasteiger partial charge on any atom is 0.407 e. The highest BCUT2D eigenvalue weighted by molar-refractivity contribution is 5.76. The first-order valence-electron chi connectivity index (χ1n) is 8.93. The van der Waals surface area contributed by atoms with Crippen LogP contribution in [0.15, 0.2) is 30.3 Å². The molecular formula is C20H32N2O3. The van der Waals surface area contributed by atoms with Gasteiger partial charge in [-0.05, 0) is 44.6 Å². The Morgan fingerprint density at radius 1 is 1.08 bits per heavy atom. The zero-order valence-electron chi connectivity index (χ0n) is 16.1. The molecule has 0 spiro atoms. The number of carbonyl (C=O) groups is 2. The van der Waals surface area contributed by atoms with Gasteiger partial charge in [0.2, 0.25) is 5.91 Å². The number of carbonyl (C=O) groups excluding carboxylic acids is 2. The predicted molar refractivity (Wildman–Crippen MR) is 100 cm³/mol. The Balaban J connectivity index is 2.45. The summed E-state index contributed by atoms with van der Waals surface area (Å²) in [4.78, 5) is 24.0. The number of benzene rings is 1. The highest BCUT2D eigenvalue weighted by Gasteiger charge is 2.19. The van der Waals surface area contributed by atoms with E-state index in [2.05, 4.69) is 24.5 Å². The molecular weight excluding hydrogens is 316 g/mol. The predicted octanol–water partition coefficient (Wildman–Crippen LogP) is 3.88. The van der Waals surface area contributed by atoms with Gasteiger partial charge >= 0.3 is 6.09 Å². The molecule has 2 amide bonds. The molecule has 0 fully saturated rings. The topological polar surface area (TPSA) is 67.4 Å². The van der Waals surface area contributed by atoms with E-state index in [1.165, 1.54) is 0 Å². The van der Waals surface area contributed by atoms with Crippen molar-refractivity contribution in [1.82, 2.24) is 10.6 Å². The van der Waals surface area contributed by atoms with E-state index in [9.17, 15) is 9.59 Å². The first kappa shape index (κ1) is 21.0. The Kier molecular flexibility index (Phi) is 8.46. The van der Waals surface area contributed by atoms with Crippen molar-refractivity contribution in [3.63, 3.8) is 0 Å². The highest BCUT2D eigenvalue weighted by atomic mass is 16.6. The number of hydrogen-bond acceptors (Lipinski definition) is 3. The molecule has 0 aromatic heterocycles. The van der Waals surface area contributed by atoms with Crippen molar-refractivity contribution in [2.75, 3.05) is 6.54 Å². The van der Waals surface area contributed by atoms with Gasteiger partial charge in [0, 0.05) is 19.5 Å². The van der Waals surface area contributed by atoms with Crippen molar-refractivity contribution in [2.45, 2.75) is 59.6 Å². The minimum absolute atomic E-state index is 0.000455. The van der Waals surface area contributed by atoms with Gasteiger partial charge in [0.1, 0.15) is 5.60 Å². The second kappa shape index (κ2) is 10.1. The van der Waals surface area contributed by atoms with E-state index in [1.54, 1.807) is 0 Å². The standard InChI is InChI=1S/C20H32N2O3/c1-15(2)11-17(14-22-19(24)25-20(3,4)5)12-18(23)21-13-16-9-7-6-8-10-16/h6-10,15,17H,11-14H2,1-5H3,(H,21,23)(H,22,24)/t17-/m0/s1. The number of ether oxygens (including phenoxy) is 1. The summed E-state index contributed by atoms with van der Waals surface area (Å²) in [5, 5.41) is 5.73. The average Bonchev–Trinajstić information content (AvgIpc) is 2.49. The minimum atomic E-state index is -0.523. The first-order chi connectivity index (χ1) is 11.7. The maximum absolute atomic E-state index is 12.2. The molecule has 0 heterocycles.